The highest BCUT2D eigenvalue weighted by atomic mass is 16.2. The maximum Gasteiger partial charge on any atom is 0.240 e. The number of hydrogen-bond acceptors (Lipinski definition) is 2. The van der Waals surface area contributed by atoms with Crippen molar-refractivity contribution in [2.45, 2.75) is 33.4 Å². The van der Waals surface area contributed by atoms with Crippen LogP contribution in [0.15, 0.2) is 54.7 Å². The molecule has 0 aliphatic carbocycles. The molecule has 0 aliphatic rings. The van der Waals surface area contributed by atoms with Gasteiger partial charge in [0.25, 0.3) is 0 Å². The lowest BCUT2D eigenvalue weighted by atomic mass is 10.1. The predicted octanol–water partition coefficient (Wildman–Crippen LogP) is 3.72. The van der Waals surface area contributed by atoms with Crippen molar-refractivity contribution in [1.29, 1.82) is 0 Å². The Morgan fingerprint density at radius 3 is 2.48 bits per heavy atom. The number of benzene rings is 2. The molecule has 0 atom stereocenters. The summed E-state index contributed by atoms with van der Waals surface area (Å²) >= 11 is 0. The van der Waals surface area contributed by atoms with Crippen molar-refractivity contribution in [1.82, 2.24) is 9.88 Å². The standard InChI is InChI=1S/C21H22N2O2/c1-3-17-10-7-11-18-19(15(2)24)13-23(21(17)18)14-20(25)22-12-16-8-5-4-6-9-16/h4-11,13H,3,12,14H2,1-2H3,(H,22,25). The van der Waals surface area contributed by atoms with Gasteiger partial charge in [0, 0.05) is 23.7 Å². The molecule has 4 nitrogen and oxygen atoms in total. The molecule has 128 valence electrons. The summed E-state index contributed by atoms with van der Waals surface area (Å²) in [6, 6.07) is 15.8. The van der Waals surface area contributed by atoms with Crippen LogP contribution in [0.1, 0.15) is 35.3 Å². The number of carbonyl (C=O) groups is 2. The minimum atomic E-state index is -0.0678. The van der Waals surface area contributed by atoms with E-state index in [4.69, 9.17) is 0 Å². The molecule has 3 aromatic rings. The van der Waals surface area contributed by atoms with Crippen LogP contribution >= 0.6 is 0 Å². The summed E-state index contributed by atoms with van der Waals surface area (Å²) in [4.78, 5) is 24.3. The lowest BCUT2D eigenvalue weighted by molar-refractivity contribution is -0.121. The van der Waals surface area contributed by atoms with Gasteiger partial charge in [-0.3, -0.25) is 9.59 Å². The Morgan fingerprint density at radius 2 is 1.80 bits per heavy atom. The summed E-state index contributed by atoms with van der Waals surface area (Å²) in [5.41, 5.74) is 3.85. The Morgan fingerprint density at radius 1 is 1.04 bits per heavy atom. The van der Waals surface area contributed by atoms with Crippen LogP contribution in [-0.4, -0.2) is 16.3 Å². The van der Waals surface area contributed by atoms with Crippen LogP contribution in [0.5, 0.6) is 0 Å². The molecular formula is C21H22N2O2. The third-order valence-corrected chi connectivity index (χ3v) is 4.39. The van der Waals surface area contributed by atoms with Gasteiger partial charge in [-0.15, -0.1) is 0 Å². The van der Waals surface area contributed by atoms with Gasteiger partial charge in [0.2, 0.25) is 5.91 Å². The Labute approximate surface area is 147 Å². The largest absolute Gasteiger partial charge is 0.350 e. The van der Waals surface area contributed by atoms with Crippen LogP contribution in [0.25, 0.3) is 10.9 Å². The van der Waals surface area contributed by atoms with Gasteiger partial charge in [0.15, 0.2) is 5.78 Å². The zero-order valence-corrected chi connectivity index (χ0v) is 14.6. The number of hydrogen-bond donors (Lipinski definition) is 1. The summed E-state index contributed by atoms with van der Waals surface area (Å²) in [5.74, 6) is -0.0524. The average molecular weight is 334 g/mol. The molecule has 0 fully saturated rings. The zero-order valence-electron chi connectivity index (χ0n) is 14.6. The van der Waals surface area contributed by atoms with E-state index in [2.05, 4.69) is 12.2 Å². The Hall–Kier alpha value is -2.88. The van der Waals surface area contributed by atoms with Gasteiger partial charge < -0.3 is 9.88 Å². The second-order valence-electron chi connectivity index (χ2n) is 6.16. The Bertz CT molecular complexity index is 910. The van der Waals surface area contributed by atoms with E-state index >= 15 is 0 Å². The topological polar surface area (TPSA) is 51.1 Å². The molecule has 4 heteroatoms. The monoisotopic (exact) mass is 334 g/mol. The van der Waals surface area contributed by atoms with Crippen molar-refractivity contribution >= 4 is 22.6 Å². The zero-order chi connectivity index (χ0) is 17.8. The molecule has 3 rings (SSSR count). The fourth-order valence-corrected chi connectivity index (χ4v) is 3.14. The van der Waals surface area contributed by atoms with E-state index in [9.17, 15) is 9.59 Å². The number of Topliss-reactive ketones (excluding diaryl/α,β-unsaturated/α-hetero) is 1. The molecule has 0 spiro atoms. The average Bonchev–Trinajstić information content (AvgIpc) is 3.00. The number of nitrogens with zero attached hydrogens (tertiary/aromatic N) is 1. The summed E-state index contributed by atoms with van der Waals surface area (Å²) in [6.45, 7) is 4.34. The van der Waals surface area contributed by atoms with Crippen LogP contribution in [0.3, 0.4) is 0 Å². The minimum Gasteiger partial charge on any atom is -0.350 e. The van der Waals surface area contributed by atoms with Gasteiger partial charge in [-0.2, -0.15) is 0 Å². The molecule has 1 N–H and O–H groups in total. The van der Waals surface area contributed by atoms with E-state index in [1.807, 2.05) is 53.1 Å². The first kappa shape index (κ1) is 17.0. The highest BCUT2D eigenvalue weighted by Crippen LogP contribution is 2.25. The van der Waals surface area contributed by atoms with Crippen LogP contribution < -0.4 is 5.32 Å². The SMILES string of the molecule is CCc1cccc2c(C(C)=O)cn(CC(=O)NCc3ccccc3)c12. The number of carbonyl (C=O) groups excluding carboxylic acids is 2. The molecule has 1 heterocycles. The van der Waals surface area contributed by atoms with Gasteiger partial charge in [0.05, 0.1) is 5.52 Å². The number of aromatic nitrogens is 1. The molecule has 1 aromatic heterocycles. The van der Waals surface area contributed by atoms with Crippen molar-refractivity contribution in [3.8, 4) is 0 Å². The molecule has 0 aliphatic heterocycles. The molecular weight excluding hydrogens is 312 g/mol. The lowest BCUT2D eigenvalue weighted by Crippen LogP contribution is -2.27. The molecule has 0 saturated heterocycles. The maximum atomic E-state index is 12.4. The minimum absolute atomic E-state index is 0.0155. The second kappa shape index (κ2) is 7.34. The van der Waals surface area contributed by atoms with Crippen LogP contribution in [-0.2, 0) is 24.3 Å². The molecule has 0 unspecified atom stereocenters. The first-order valence-corrected chi connectivity index (χ1v) is 8.52. The molecule has 1 amide bonds. The maximum absolute atomic E-state index is 12.4. The first-order valence-electron chi connectivity index (χ1n) is 8.52. The van der Waals surface area contributed by atoms with Crippen LogP contribution in [0, 0.1) is 0 Å². The van der Waals surface area contributed by atoms with Gasteiger partial charge in [-0.05, 0) is 24.5 Å². The van der Waals surface area contributed by atoms with Crippen LogP contribution in [0.2, 0.25) is 0 Å². The number of nitrogens with one attached hydrogen (secondary N) is 1. The number of para-hydroxylation sites is 1. The summed E-state index contributed by atoms with van der Waals surface area (Å²) in [5, 5.41) is 3.86. The molecule has 0 saturated carbocycles. The smallest absolute Gasteiger partial charge is 0.240 e. The second-order valence-corrected chi connectivity index (χ2v) is 6.16. The van der Waals surface area contributed by atoms with E-state index in [0.29, 0.717) is 12.1 Å². The fraction of sp³-hybridized carbons (Fsp3) is 0.238. The third-order valence-electron chi connectivity index (χ3n) is 4.39. The van der Waals surface area contributed by atoms with E-state index in [1.165, 1.54) is 0 Å². The van der Waals surface area contributed by atoms with Gasteiger partial charge >= 0.3 is 0 Å². The molecule has 25 heavy (non-hydrogen) atoms. The van der Waals surface area contributed by atoms with Crippen molar-refractivity contribution in [3.63, 3.8) is 0 Å². The van der Waals surface area contributed by atoms with Crippen molar-refractivity contribution < 1.29 is 9.59 Å². The number of amides is 1. The predicted molar refractivity (Wildman–Crippen MR) is 99.6 cm³/mol. The van der Waals surface area contributed by atoms with E-state index in [1.54, 1.807) is 13.1 Å². The van der Waals surface area contributed by atoms with E-state index in [-0.39, 0.29) is 18.2 Å². The number of ketones is 1. The van der Waals surface area contributed by atoms with E-state index in [0.717, 1.165) is 28.5 Å². The Kier molecular flexibility index (Phi) is 4.98. The first-order chi connectivity index (χ1) is 12.1. The number of aryl methyl sites for hydroxylation is 1. The normalized spacial score (nSPS) is 10.8. The van der Waals surface area contributed by atoms with Crippen molar-refractivity contribution in [3.05, 3.63) is 71.4 Å². The lowest BCUT2D eigenvalue weighted by Gasteiger charge is -2.09. The van der Waals surface area contributed by atoms with E-state index < -0.39 is 0 Å². The Balaban J connectivity index is 1.85. The van der Waals surface area contributed by atoms with Crippen molar-refractivity contribution in [2.24, 2.45) is 0 Å². The third kappa shape index (κ3) is 3.63. The number of rotatable bonds is 6. The molecule has 2 aromatic carbocycles. The summed E-state index contributed by atoms with van der Waals surface area (Å²) in [7, 11) is 0. The number of fused-ring (bicyclic) bond motifs is 1. The van der Waals surface area contributed by atoms with Crippen LogP contribution in [0.4, 0.5) is 0 Å². The summed E-state index contributed by atoms with van der Waals surface area (Å²) in [6.07, 6.45) is 2.65. The van der Waals surface area contributed by atoms with Gasteiger partial charge in [-0.1, -0.05) is 55.5 Å². The molecule has 0 bridgehead atoms. The summed E-state index contributed by atoms with van der Waals surface area (Å²) < 4.78 is 1.89. The fourth-order valence-electron chi connectivity index (χ4n) is 3.14. The van der Waals surface area contributed by atoms with Gasteiger partial charge in [-0.25, -0.2) is 0 Å². The van der Waals surface area contributed by atoms with Gasteiger partial charge in [0.1, 0.15) is 6.54 Å². The highest BCUT2D eigenvalue weighted by Gasteiger charge is 2.16. The highest BCUT2D eigenvalue weighted by molar-refractivity contribution is 6.07. The van der Waals surface area contributed by atoms with Crippen molar-refractivity contribution in [2.75, 3.05) is 0 Å². The quantitative estimate of drug-likeness (QED) is 0.699. The molecule has 0 radical (unpaired) electrons.